The van der Waals surface area contributed by atoms with E-state index in [0.29, 0.717) is 32.5 Å². The van der Waals surface area contributed by atoms with Crippen LogP contribution in [0, 0.1) is 0 Å². The molecule has 0 bridgehead atoms. The predicted octanol–water partition coefficient (Wildman–Crippen LogP) is 4.90. The molecule has 0 radical (unpaired) electrons. The fourth-order valence-electron chi connectivity index (χ4n) is 2.60. The van der Waals surface area contributed by atoms with Gasteiger partial charge in [-0.05, 0) is 60.7 Å². The number of hydrogen-bond acceptors (Lipinski definition) is 4. The zero-order valence-corrected chi connectivity index (χ0v) is 18.0. The van der Waals surface area contributed by atoms with Gasteiger partial charge in [0.25, 0.3) is 11.8 Å². The van der Waals surface area contributed by atoms with E-state index in [1.165, 1.54) is 42.5 Å². The lowest BCUT2D eigenvalue weighted by Gasteiger charge is -2.09. The first-order chi connectivity index (χ1) is 14.1. The Kier molecular flexibility index (Phi) is 6.45. The van der Waals surface area contributed by atoms with Crippen LogP contribution in [0.5, 0.6) is 0 Å². The number of sulfone groups is 1. The largest absolute Gasteiger partial charge is 0.322 e. The Labute approximate surface area is 183 Å². The van der Waals surface area contributed by atoms with Gasteiger partial charge in [0.05, 0.1) is 4.90 Å². The lowest BCUT2D eigenvalue weighted by atomic mass is 10.1. The molecule has 3 rings (SSSR count). The molecule has 3 aromatic carbocycles. The van der Waals surface area contributed by atoms with Crippen molar-refractivity contribution in [3.8, 4) is 0 Å². The number of halogens is 2. The van der Waals surface area contributed by atoms with Gasteiger partial charge in [0.2, 0.25) is 0 Å². The van der Waals surface area contributed by atoms with E-state index >= 15 is 0 Å². The molecule has 6 nitrogen and oxygen atoms in total. The summed E-state index contributed by atoms with van der Waals surface area (Å²) in [6, 6.07) is 16.7. The number of amides is 2. The predicted molar refractivity (Wildman–Crippen MR) is 118 cm³/mol. The third-order valence-corrected chi connectivity index (χ3v) is 5.60. The van der Waals surface area contributed by atoms with Gasteiger partial charge in [-0.1, -0.05) is 29.3 Å². The maximum Gasteiger partial charge on any atom is 0.255 e. The van der Waals surface area contributed by atoms with Crippen molar-refractivity contribution in [2.45, 2.75) is 4.90 Å². The molecule has 0 atom stereocenters. The summed E-state index contributed by atoms with van der Waals surface area (Å²) in [5.74, 6) is -0.811. The standard InChI is InChI=1S/C21H16Cl2N2O4S/c1-30(28,29)19-4-2-3-18(12-19)25-20(26)13-5-7-17(8-6-13)24-21(27)14-9-15(22)11-16(23)10-14/h2-12H,1H3,(H,24,27)(H,25,26). The number of nitrogens with one attached hydrogen (secondary N) is 2. The zero-order chi connectivity index (χ0) is 21.9. The van der Waals surface area contributed by atoms with Crippen LogP contribution in [-0.2, 0) is 9.84 Å². The minimum Gasteiger partial charge on any atom is -0.322 e. The molecule has 2 N–H and O–H groups in total. The summed E-state index contributed by atoms with van der Waals surface area (Å²) < 4.78 is 23.3. The van der Waals surface area contributed by atoms with Crippen LogP contribution in [-0.4, -0.2) is 26.5 Å². The Hall–Kier alpha value is -2.87. The van der Waals surface area contributed by atoms with Crippen LogP contribution in [0.2, 0.25) is 10.0 Å². The van der Waals surface area contributed by atoms with E-state index in [1.54, 1.807) is 24.3 Å². The van der Waals surface area contributed by atoms with Crippen LogP contribution in [0.4, 0.5) is 11.4 Å². The molecule has 0 saturated carbocycles. The van der Waals surface area contributed by atoms with E-state index < -0.39 is 21.7 Å². The summed E-state index contributed by atoms with van der Waals surface area (Å²) in [4.78, 5) is 24.9. The topological polar surface area (TPSA) is 92.3 Å². The second kappa shape index (κ2) is 8.87. The zero-order valence-electron chi connectivity index (χ0n) is 15.6. The lowest BCUT2D eigenvalue weighted by molar-refractivity contribution is 0.102. The monoisotopic (exact) mass is 462 g/mol. The average molecular weight is 463 g/mol. The van der Waals surface area contributed by atoms with Crippen molar-refractivity contribution in [2.75, 3.05) is 16.9 Å². The van der Waals surface area contributed by atoms with E-state index in [4.69, 9.17) is 23.2 Å². The van der Waals surface area contributed by atoms with Gasteiger partial charge < -0.3 is 10.6 Å². The number of carbonyl (C=O) groups excluding carboxylic acids is 2. The fraction of sp³-hybridized carbons (Fsp3) is 0.0476. The van der Waals surface area contributed by atoms with Gasteiger partial charge >= 0.3 is 0 Å². The first-order valence-corrected chi connectivity index (χ1v) is 11.3. The van der Waals surface area contributed by atoms with Crippen molar-refractivity contribution >= 4 is 56.2 Å². The highest BCUT2D eigenvalue weighted by Gasteiger charge is 2.12. The number of anilines is 2. The third-order valence-electron chi connectivity index (χ3n) is 4.05. The molecular formula is C21H16Cl2N2O4S. The van der Waals surface area contributed by atoms with Crippen molar-refractivity contribution in [1.29, 1.82) is 0 Å². The molecule has 0 aliphatic heterocycles. The first kappa shape index (κ1) is 21.8. The van der Waals surface area contributed by atoms with Gasteiger partial charge in [-0.15, -0.1) is 0 Å². The highest BCUT2D eigenvalue weighted by atomic mass is 35.5. The summed E-state index contributed by atoms with van der Waals surface area (Å²) in [5.41, 5.74) is 1.48. The molecule has 2 amide bonds. The normalized spacial score (nSPS) is 11.0. The summed E-state index contributed by atoms with van der Waals surface area (Å²) in [6.45, 7) is 0. The van der Waals surface area contributed by atoms with Gasteiger partial charge in [-0.3, -0.25) is 9.59 Å². The number of benzene rings is 3. The molecule has 3 aromatic rings. The second-order valence-electron chi connectivity index (χ2n) is 6.44. The van der Waals surface area contributed by atoms with Gasteiger partial charge in [-0.25, -0.2) is 8.42 Å². The van der Waals surface area contributed by atoms with Crippen molar-refractivity contribution in [3.05, 3.63) is 87.9 Å². The van der Waals surface area contributed by atoms with Crippen LogP contribution in [0.15, 0.2) is 71.6 Å². The maximum atomic E-state index is 12.4. The summed E-state index contributed by atoms with van der Waals surface area (Å²) in [6.07, 6.45) is 1.10. The molecule has 30 heavy (non-hydrogen) atoms. The van der Waals surface area contributed by atoms with E-state index in [-0.39, 0.29) is 4.90 Å². The molecule has 0 spiro atoms. The molecular weight excluding hydrogens is 447 g/mol. The Morgan fingerprint density at radius 3 is 1.90 bits per heavy atom. The molecule has 154 valence electrons. The van der Waals surface area contributed by atoms with Crippen LogP contribution in [0.1, 0.15) is 20.7 Å². The van der Waals surface area contributed by atoms with Crippen molar-refractivity contribution in [2.24, 2.45) is 0 Å². The van der Waals surface area contributed by atoms with Gasteiger partial charge in [-0.2, -0.15) is 0 Å². The second-order valence-corrected chi connectivity index (χ2v) is 9.33. The van der Waals surface area contributed by atoms with Crippen molar-refractivity contribution in [3.63, 3.8) is 0 Å². The number of rotatable bonds is 5. The van der Waals surface area contributed by atoms with Gasteiger partial charge in [0.1, 0.15) is 0 Å². The molecule has 0 aliphatic rings. The quantitative estimate of drug-likeness (QED) is 0.563. The van der Waals surface area contributed by atoms with E-state index in [2.05, 4.69) is 10.6 Å². The molecule has 0 aromatic heterocycles. The Morgan fingerprint density at radius 1 is 0.733 bits per heavy atom. The number of hydrogen-bond donors (Lipinski definition) is 2. The minimum atomic E-state index is -3.38. The van der Waals surface area contributed by atoms with E-state index in [1.807, 2.05) is 0 Å². The van der Waals surface area contributed by atoms with Gasteiger partial charge in [0, 0.05) is 38.8 Å². The Bertz CT molecular complexity index is 1210. The first-order valence-electron chi connectivity index (χ1n) is 8.61. The minimum absolute atomic E-state index is 0.111. The fourth-order valence-corrected chi connectivity index (χ4v) is 3.79. The van der Waals surface area contributed by atoms with Crippen LogP contribution in [0.3, 0.4) is 0 Å². The smallest absolute Gasteiger partial charge is 0.255 e. The van der Waals surface area contributed by atoms with Crippen LogP contribution < -0.4 is 10.6 Å². The van der Waals surface area contributed by atoms with Gasteiger partial charge in [0.15, 0.2) is 9.84 Å². The lowest BCUT2D eigenvalue weighted by Crippen LogP contribution is -2.14. The van der Waals surface area contributed by atoms with E-state index in [9.17, 15) is 18.0 Å². The summed E-state index contributed by atoms with van der Waals surface area (Å²) in [5, 5.41) is 6.04. The van der Waals surface area contributed by atoms with Crippen molar-refractivity contribution in [1.82, 2.24) is 0 Å². The average Bonchev–Trinajstić information content (AvgIpc) is 2.67. The number of carbonyl (C=O) groups is 2. The Balaban J connectivity index is 1.69. The molecule has 9 heteroatoms. The SMILES string of the molecule is CS(=O)(=O)c1cccc(NC(=O)c2ccc(NC(=O)c3cc(Cl)cc(Cl)c3)cc2)c1. The summed E-state index contributed by atoms with van der Waals surface area (Å²) in [7, 11) is -3.38. The van der Waals surface area contributed by atoms with Crippen LogP contribution in [0.25, 0.3) is 0 Å². The molecule has 0 aliphatic carbocycles. The highest BCUT2D eigenvalue weighted by molar-refractivity contribution is 7.90. The van der Waals surface area contributed by atoms with Crippen molar-refractivity contribution < 1.29 is 18.0 Å². The van der Waals surface area contributed by atoms with Crippen LogP contribution >= 0.6 is 23.2 Å². The highest BCUT2D eigenvalue weighted by Crippen LogP contribution is 2.21. The molecule has 0 unspecified atom stereocenters. The maximum absolute atomic E-state index is 12.4. The third kappa shape index (κ3) is 5.60. The Morgan fingerprint density at radius 2 is 1.30 bits per heavy atom. The molecule has 0 fully saturated rings. The molecule has 0 saturated heterocycles. The summed E-state index contributed by atoms with van der Waals surface area (Å²) >= 11 is 11.8. The van der Waals surface area contributed by atoms with E-state index in [0.717, 1.165) is 6.26 Å². The molecule has 0 heterocycles.